The third-order valence-corrected chi connectivity index (χ3v) is 3.07. The van der Waals surface area contributed by atoms with Crippen LogP contribution in [0.25, 0.3) is 10.9 Å². The van der Waals surface area contributed by atoms with Crippen LogP contribution in [0.4, 0.5) is 5.82 Å². The van der Waals surface area contributed by atoms with Crippen LogP contribution in [0.1, 0.15) is 5.56 Å². The van der Waals surface area contributed by atoms with Crippen molar-refractivity contribution in [3.05, 3.63) is 23.8 Å². The van der Waals surface area contributed by atoms with Crippen molar-refractivity contribution in [1.29, 1.82) is 5.26 Å². The number of hydrogen-bond donors (Lipinski definition) is 0. The largest absolute Gasteiger partial charge is 0.493 e. The molecule has 0 aliphatic carbocycles. The van der Waals surface area contributed by atoms with Crippen LogP contribution in [0, 0.1) is 11.3 Å². The molecule has 0 unspecified atom stereocenters. The number of hydrogen-bond acceptors (Lipinski definition) is 5. The van der Waals surface area contributed by atoms with Crippen molar-refractivity contribution >= 4 is 16.7 Å². The average Bonchev–Trinajstić information content (AvgIpc) is 2.45. The van der Waals surface area contributed by atoms with Crippen LogP contribution in [0.3, 0.4) is 0 Å². The van der Waals surface area contributed by atoms with Gasteiger partial charge in [-0.05, 0) is 12.1 Å². The van der Waals surface area contributed by atoms with Crippen LogP contribution in [0.2, 0.25) is 0 Å². The van der Waals surface area contributed by atoms with Crippen molar-refractivity contribution in [2.45, 2.75) is 6.42 Å². The van der Waals surface area contributed by atoms with Crippen LogP contribution >= 0.6 is 0 Å². The minimum atomic E-state index is 0.324. The zero-order valence-corrected chi connectivity index (χ0v) is 12.1. The molecule has 20 heavy (non-hydrogen) atoms. The lowest BCUT2D eigenvalue weighted by molar-refractivity contribution is 0.356. The van der Waals surface area contributed by atoms with Crippen molar-refractivity contribution < 1.29 is 9.47 Å². The van der Waals surface area contributed by atoms with E-state index in [1.807, 2.05) is 37.2 Å². The second-order valence-electron chi connectivity index (χ2n) is 4.60. The summed E-state index contributed by atoms with van der Waals surface area (Å²) in [6.45, 7) is 0. The molecular formula is C15H17N3O2. The van der Waals surface area contributed by atoms with E-state index in [4.69, 9.17) is 14.7 Å². The molecule has 104 valence electrons. The molecule has 1 heterocycles. The number of aromatic nitrogens is 1. The maximum atomic E-state index is 8.94. The van der Waals surface area contributed by atoms with Crippen LogP contribution in [0.15, 0.2) is 18.2 Å². The fourth-order valence-electron chi connectivity index (χ4n) is 2.14. The Morgan fingerprint density at radius 1 is 1.15 bits per heavy atom. The topological polar surface area (TPSA) is 58.4 Å². The van der Waals surface area contributed by atoms with E-state index in [1.165, 1.54) is 0 Å². The molecule has 0 saturated heterocycles. The van der Waals surface area contributed by atoms with E-state index in [0.29, 0.717) is 17.9 Å². The van der Waals surface area contributed by atoms with Gasteiger partial charge in [0.2, 0.25) is 0 Å². The first-order valence-corrected chi connectivity index (χ1v) is 6.20. The molecule has 0 saturated carbocycles. The minimum absolute atomic E-state index is 0.324. The highest BCUT2D eigenvalue weighted by molar-refractivity contribution is 5.85. The van der Waals surface area contributed by atoms with Crippen LogP contribution in [-0.4, -0.2) is 33.3 Å². The van der Waals surface area contributed by atoms with Gasteiger partial charge in [-0.25, -0.2) is 4.98 Å². The van der Waals surface area contributed by atoms with E-state index in [0.717, 1.165) is 22.3 Å². The first-order valence-electron chi connectivity index (χ1n) is 6.20. The molecule has 0 aliphatic heterocycles. The summed E-state index contributed by atoms with van der Waals surface area (Å²) in [6.07, 6.45) is 0.324. The zero-order valence-electron chi connectivity index (χ0n) is 12.1. The van der Waals surface area contributed by atoms with E-state index < -0.39 is 0 Å². The molecule has 2 rings (SSSR count). The highest BCUT2D eigenvalue weighted by Crippen LogP contribution is 2.33. The van der Waals surface area contributed by atoms with Gasteiger partial charge in [-0.3, -0.25) is 0 Å². The van der Waals surface area contributed by atoms with Crippen molar-refractivity contribution in [3.8, 4) is 17.6 Å². The molecule has 0 bridgehead atoms. The lowest BCUT2D eigenvalue weighted by Crippen LogP contribution is -2.13. The SMILES string of the molecule is COc1cc2cc(CC#N)c(N(C)C)nc2cc1OC. The fourth-order valence-corrected chi connectivity index (χ4v) is 2.14. The summed E-state index contributed by atoms with van der Waals surface area (Å²) in [4.78, 5) is 6.52. The summed E-state index contributed by atoms with van der Waals surface area (Å²) in [7, 11) is 7.02. The molecule has 0 spiro atoms. The standard InChI is InChI=1S/C15H17N3O2/c1-18(2)15-10(5-6-16)7-11-8-13(19-3)14(20-4)9-12(11)17-15/h7-9H,5H2,1-4H3. The maximum absolute atomic E-state index is 8.94. The third kappa shape index (κ3) is 2.45. The monoisotopic (exact) mass is 271 g/mol. The van der Waals surface area contributed by atoms with E-state index in [9.17, 15) is 0 Å². The summed E-state index contributed by atoms with van der Waals surface area (Å²) >= 11 is 0. The van der Waals surface area contributed by atoms with Gasteiger partial charge >= 0.3 is 0 Å². The average molecular weight is 271 g/mol. The molecule has 0 radical (unpaired) electrons. The van der Waals surface area contributed by atoms with E-state index in [-0.39, 0.29) is 0 Å². The Kier molecular flexibility index (Phi) is 3.94. The maximum Gasteiger partial charge on any atom is 0.162 e. The van der Waals surface area contributed by atoms with Crippen LogP contribution < -0.4 is 14.4 Å². The molecule has 1 aromatic heterocycles. The van der Waals surface area contributed by atoms with Gasteiger partial charge in [-0.15, -0.1) is 0 Å². The summed E-state index contributed by atoms with van der Waals surface area (Å²) in [5.41, 5.74) is 1.71. The van der Waals surface area contributed by atoms with Gasteiger partial charge in [-0.1, -0.05) is 0 Å². The summed E-state index contributed by atoms with van der Waals surface area (Å²) < 4.78 is 10.6. The van der Waals surface area contributed by atoms with Crippen molar-refractivity contribution in [2.24, 2.45) is 0 Å². The lowest BCUT2D eigenvalue weighted by Gasteiger charge is -2.17. The molecule has 5 nitrogen and oxygen atoms in total. The number of pyridine rings is 1. The van der Waals surface area contributed by atoms with Gasteiger partial charge in [0.15, 0.2) is 11.5 Å². The number of methoxy groups -OCH3 is 2. The Bertz CT molecular complexity index is 675. The molecule has 0 aliphatic rings. The highest BCUT2D eigenvalue weighted by atomic mass is 16.5. The Labute approximate surface area is 118 Å². The summed E-state index contributed by atoms with van der Waals surface area (Å²) in [5.74, 6) is 2.10. The van der Waals surface area contributed by atoms with E-state index >= 15 is 0 Å². The number of ether oxygens (including phenoxy) is 2. The molecule has 1 aromatic carbocycles. The number of benzene rings is 1. The van der Waals surface area contributed by atoms with Gasteiger partial charge in [0, 0.05) is 31.1 Å². The quantitative estimate of drug-likeness (QED) is 0.854. The Balaban J connectivity index is 2.70. The number of nitriles is 1. The third-order valence-electron chi connectivity index (χ3n) is 3.07. The lowest BCUT2D eigenvalue weighted by atomic mass is 10.1. The molecular weight excluding hydrogens is 254 g/mol. The first kappa shape index (κ1) is 13.9. The van der Waals surface area contributed by atoms with Crippen molar-refractivity contribution in [1.82, 2.24) is 4.98 Å². The Morgan fingerprint density at radius 3 is 2.35 bits per heavy atom. The van der Waals surface area contributed by atoms with Gasteiger partial charge in [0.25, 0.3) is 0 Å². The van der Waals surface area contributed by atoms with Gasteiger partial charge < -0.3 is 14.4 Å². The molecule has 0 N–H and O–H groups in total. The second-order valence-corrected chi connectivity index (χ2v) is 4.60. The fraction of sp³-hybridized carbons (Fsp3) is 0.333. The first-order chi connectivity index (χ1) is 9.60. The molecule has 0 fully saturated rings. The predicted molar refractivity (Wildman–Crippen MR) is 78.5 cm³/mol. The second kappa shape index (κ2) is 5.66. The zero-order chi connectivity index (χ0) is 14.7. The minimum Gasteiger partial charge on any atom is -0.493 e. The van der Waals surface area contributed by atoms with Crippen molar-refractivity contribution in [2.75, 3.05) is 33.2 Å². The highest BCUT2D eigenvalue weighted by Gasteiger charge is 2.12. The molecule has 2 aromatic rings. The number of rotatable bonds is 4. The molecule has 0 atom stereocenters. The van der Waals surface area contributed by atoms with Gasteiger partial charge in [-0.2, -0.15) is 5.26 Å². The van der Waals surface area contributed by atoms with Crippen LogP contribution in [0.5, 0.6) is 11.5 Å². The predicted octanol–water partition coefficient (Wildman–Crippen LogP) is 2.38. The molecule has 0 amide bonds. The smallest absolute Gasteiger partial charge is 0.162 e. The summed E-state index contributed by atoms with van der Waals surface area (Å²) in [5, 5.41) is 9.87. The summed E-state index contributed by atoms with van der Waals surface area (Å²) in [6, 6.07) is 7.87. The van der Waals surface area contributed by atoms with Crippen molar-refractivity contribution in [3.63, 3.8) is 0 Å². The van der Waals surface area contributed by atoms with E-state index in [1.54, 1.807) is 14.2 Å². The number of anilines is 1. The van der Waals surface area contributed by atoms with Gasteiger partial charge in [0.1, 0.15) is 5.82 Å². The van der Waals surface area contributed by atoms with Gasteiger partial charge in [0.05, 0.1) is 32.2 Å². The normalized spacial score (nSPS) is 10.2. The number of nitrogens with zero attached hydrogens (tertiary/aromatic N) is 3. The molecule has 5 heteroatoms. The number of fused-ring (bicyclic) bond motifs is 1. The Morgan fingerprint density at radius 2 is 1.80 bits per heavy atom. The Hall–Kier alpha value is -2.48. The van der Waals surface area contributed by atoms with E-state index in [2.05, 4.69) is 11.1 Å². The van der Waals surface area contributed by atoms with Crippen LogP contribution in [-0.2, 0) is 6.42 Å².